The quantitative estimate of drug-likeness (QED) is 0.725. The Balaban J connectivity index is 2.58. The van der Waals surface area contributed by atoms with E-state index >= 15 is 0 Å². The average Bonchev–Trinajstić information content (AvgIpc) is 2.09. The molecule has 0 saturated carbocycles. The fourth-order valence-electron chi connectivity index (χ4n) is 1.15. The van der Waals surface area contributed by atoms with E-state index in [2.05, 4.69) is 0 Å². The van der Waals surface area contributed by atoms with Crippen molar-refractivity contribution in [2.75, 3.05) is 13.2 Å². The summed E-state index contributed by atoms with van der Waals surface area (Å²) in [4.78, 5) is 0. The summed E-state index contributed by atoms with van der Waals surface area (Å²) in [7, 11) is 0. The summed E-state index contributed by atoms with van der Waals surface area (Å²) in [5, 5.41) is 0. The van der Waals surface area contributed by atoms with E-state index in [-0.39, 0.29) is 6.67 Å². The van der Waals surface area contributed by atoms with E-state index < -0.39 is 0 Å². The first-order valence-electron chi connectivity index (χ1n) is 4.20. The number of aryl methyl sites for hydroxylation is 1. The van der Waals surface area contributed by atoms with E-state index in [1.165, 1.54) is 5.56 Å². The summed E-state index contributed by atoms with van der Waals surface area (Å²) in [6.07, 6.45) is 1.42. The molecule has 0 aliphatic rings. The zero-order chi connectivity index (χ0) is 8.81. The molecule has 0 fully saturated rings. The van der Waals surface area contributed by atoms with Gasteiger partial charge in [-0.25, -0.2) is 0 Å². The highest BCUT2D eigenvalue weighted by Crippen LogP contribution is 2.05. The molecule has 0 aromatic heterocycles. The fourth-order valence-corrected chi connectivity index (χ4v) is 1.15. The summed E-state index contributed by atoms with van der Waals surface area (Å²) in [6, 6.07) is 7.95. The molecule has 0 aliphatic heterocycles. The Bertz CT molecular complexity index is 193. The molecule has 66 valence electrons. The Kier molecular flexibility index (Phi) is 3.74. The van der Waals surface area contributed by atoms with Crippen molar-refractivity contribution >= 4 is 0 Å². The maximum atomic E-state index is 11.9. The summed E-state index contributed by atoms with van der Waals surface area (Å²) in [6.45, 7) is 0.388. The van der Waals surface area contributed by atoms with Crippen LogP contribution in [-0.4, -0.2) is 13.2 Å². The van der Waals surface area contributed by atoms with Gasteiger partial charge in [-0.15, -0.1) is 0 Å². The fraction of sp³-hybridized carbons (Fsp3) is 0.400. The monoisotopic (exact) mass is 167 g/mol. The summed E-state index contributed by atoms with van der Waals surface area (Å²) >= 11 is 0. The number of rotatable bonds is 4. The maximum absolute atomic E-state index is 11.9. The number of hydrogen-bond donors (Lipinski definition) is 1. The average molecular weight is 167 g/mol. The van der Waals surface area contributed by atoms with Gasteiger partial charge >= 0.3 is 0 Å². The first-order chi connectivity index (χ1) is 5.86. The van der Waals surface area contributed by atoms with E-state index in [0.29, 0.717) is 13.0 Å². The molecular formula is C10H14FN. The Morgan fingerprint density at radius 3 is 1.92 bits per heavy atom. The molecule has 12 heavy (non-hydrogen) atoms. The van der Waals surface area contributed by atoms with Gasteiger partial charge in [0.25, 0.3) is 0 Å². The molecule has 2 N–H and O–H groups in total. The molecule has 1 aromatic rings. The molecule has 0 heterocycles. The lowest BCUT2D eigenvalue weighted by Crippen LogP contribution is -2.02. The van der Waals surface area contributed by atoms with Crippen LogP contribution in [0.1, 0.15) is 11.1 Å². The van der Waals surface area contributed by atoms with Crippen molar-refractivity contribution in [3.8, 4) is 0 Å². The van der Waals surface area contributed by atoms with Crippen LogP contribution < -0.4 is 5.73 Å². The van der Waals surface area contributed by atoms with Crippen LogP contribution in [-0.2, 0) is 12.8 Å². The largest absolute Gasteiger partial charge is 0.330 e. The minimum absolute atomic E-state index is 0.282. The molecule has 0 bridgehead atoms. The molecular weight excluding hydrogens is 153 g/mol. The van der Waals surface area contributed by atoms with Crippen LogP contribution in [0, 0.1) is 0 Å². The molecule has 1 aromatic carbocycles. The number of hydrogen-bond acceptors (Lipinski definition) is 1. The minimum Gasteiger partial charge on any atom is -0.330 e. The van der Waals surface area contributed by atoms with Crippen molar-refractivity contribution in [3.63, 3.8) is 0 Å². The molecule has 0 amide bonds. The highest BCUT2D eigenvalue weighted by atomic mass is 19.1. The molecule has 0 unspecified atom stereocenters. The Morgan fingerprint density at radius 1 is 1.00 bits per heavy atom. The van der Waals surface area contributed by atoms with E-state index in [0.717, 1.165) is 12.0 Å². The van der Waals surface area contributed by atoms with Gasteiger partial charge in [0.15, 0.2) is 0 Å². The third-order valence-corrected chi connectivity index (χ3v) is 1.84. The highest BCUT2D eigenvalue weighted by Gasteiger charge is 1.93. The molecule has 1 nitrogen and oxygen atoms in total. The third-order valence-electron chi connectivity index (χ3n) is 1.84. The SMILES string of the molecule is NCCc1ccc(CCF)cc1. The smallest absolute Gasteiger partial charge is 0.0934 e. The standard InChI is InChI=1S/C10H14FN/c11-7-5-9-1-3-10(4-2-9)6-8-12/h1-4H,5-8,12H2. The zero-order valence-electron chi connectivity index (χ0n) is 7.09. The second-order valence-corrected chi connectivity index (χ2v) is 2.79. The maximum Gasteiger partial charge on any atom is 0.0934 e. The van der Waals surface area contributed by atoms with Crippen LogP contribution in [0.4, 0.5) is 4.39 Å². The molecule has 0 aliphatic carbocycles. The van der Waals surface area contributed by atoms with Gasteiger partial charge in [0.1, 0.15) is 0 Å². The summed E-state index contributed by atoms with van der Waals surface area (Å²) < 4.78 is 11.9. The number of halogens is 1. The van der Waals surface area contributed by atoms with Crippen molar-refractivity contribution in [2.45, 2.75) is 12.8 Å². The number of nitrogens with two attached hydrogens (primary N) is 1. The van der Waals surface area contributed by atoms with Crippen LogP contribution >= 0.6 is 0 Å². The van der Waals surface area contributed by atoms with Crippen molar-refractivity contribution < 1.29 is 4.39 Å². The molecule has 0 atom stereocenters. The van der Waals surface area contributed by atoms with E-state index in [1.54, 1.807) is 0 Å². The normalized spacial score (nSPS) is 10.2. The third kappa shape index (κ3) is 2.62. The Labute approximate surface area is 72.4 Å². The van der Waals surface area contributed by atoms with Crippen LogP contribution in [0.3, 0.4) is 0 Å². The summed E-state index contributed by atoms with van der Waals surface area (Å²) in [5.74, 6) is 0. The Morgan fingerprint density at radius 2 is 1.50 bits per heavy atom. The lowest BCUT2D eigenvalue weighted by Gasteiger charge is -2.00. The predicted molar refractivity (Wildman–Crippen MR) is 48.9 cm³/mol. The van der Waals surface area contributed by atoms with E-state index in [1.807, 2.05) is 24.3 Å². The molecule has 1 rings (SSSR count). The van der Waals surface area contributed by atoms with Gasteiger partial charge in [0, 0.05) is 6.42 Å². The van der Waals surface area contributed by atoms with Gasteiger partial charge in [-0.2, -0.15) is 0 Å². The van der Waals surface area contributed by atoms with Crippen LogP contribution in [0.15, 0.2) is 24.3 Å². The zero-order valence-corrected chi connectivity index (χ0v) is 7.09. The van der Waals surface area contributed by atoms with Gasteiger partial charge in [-0.1, -0.05) is 24.3 Å². The first-order valence-corrected chi connectivity index (χ1v) is 4.20. The highest BCUT2D eigenvalue weighted by molar-refractivity contribution is 5.22. The van der Waals surface area contributed by atoms with Crippen molar-refractivity contribution in [1.82, 2.24) is 0 Å². The predicted octanol–water partition coefficient (Wildman–Crippen LogP) is 1.70. The molecule has 0 saturated heterocycles. The lowest BCUT2D eigenvalue weighted by atomic mass is 10.1. The first kappa shape index (κ1) is 9.20. The second kappa shape index (κ2) is 4.88. The number of benzene rings is 1. The van der Waals surface area contributed by atoms with Crippen molar-refractivity contribution in [3.05, 3.63) is 35.4 Å². The van der Waals surface area contributed by atoms with Crippen LogP contribution in [0.5, 0.6) is 0 Å². The second-order valence-electron chi connectivity index (χ2n) is 2.79. The van der Waals surface area contributed by atoms with Gasteiger partial charge in [0.2, 0.25) is 0 Å². The summed E-state index contributed by atoms with van der Waals surface area (Å²) in [5.41, 5.74) is 7.67. The van der Waals surface area contributed by atoms with Crippen molar-refractivity contribution in [1.29, 1.82) is 0 Å². The lowest BCUT2D eigenvalue weighted by molar-refractivity contribution is 0.495. The molecule has 0 spiro atoms. The van der Waals surface area contributed by atoms with Gasteiger partial charge < -0.3 is 5.73 Å². The number of alkyl halides is 1. The van der Waals surface area contributed by atoms with Gasteiger partial charge in [-0.05, 0) is 24.1 Å². The van der Waals surface area contributed by atoms with Gasteiger partial charge in [-0.3, -0.25) is 4.39 Å². The van der Waals surface area contributed by atoms with E-state index in [9.17, 15) is 4.39 Å². The van der Waals surface area contributed by atoms with E-state index in [4.69, 9.17) is 5.73 Å². The van der Waals surface area contributed by atoms with Crippen molar-refractivity contribution in [2.24, 2.45) is 5.73 Å². The molecule has 2 heteroatoms. The van der Waals surface area contributed by atoms with Crippen LogP contribution in [0.25, 0.3) is 0 Å². The topological polar surface area (TPSA) is 26.0 Å². The molecule has 0 radical (unpaired) electrons. The van der Waals surface area contributed by atoms with Gasteiger partial charge in [0.05, 0.1) is 6.67 Å². The Hall–Kier alpha value is -0.890. The minimum atomic E-state index is -0.282. The van der Waals surface area contributed by atoms with Crippen LogP contribution in [0.2, 0.25) is 0 Å².